The van der Waals surface area contributed by atoms with Gasteiger partial charge in [0.05, 0.1) is 11.2 Å². The quantitative estimate of drug-likeness (QED) is 0.380. The third-order valence-corrected chi connectivity index (χ3v) is 8.15. The van der Waals surface area contributed by atoms with E-state index >= 15 is 0 Å². The molecule has 2 aromatic heterocycles. The van der Waals surface area contributed by atoms with Crippen molar-refractivity contribution < 1.29 is 9.90 Å². The monoisotopic (exact) mass is 513 g/mol. The van der Waals surface area contributed by atoms with E-state index in [1.165, 1.54) is 6.08 Å². The number of aryl methyl sites for hydroxylation is 1. The minimum atomic E-state index is -0.00686. The van der Waals surface area contributed by atoms with Gasteiger partial charge in [0, 0.05) is 71.9 Å². The van der Waals surface area contributed by atoms with Crippen molar-refractivity contribution in [1.29, 1.82) is 0 Å². The fourth-order valence-electron chi connectivity index (χ4n) is 5.95. The lowest BCUT2D eigenvalue weighted by Gasteiger charge is -2.47. The highest BCUT2D eigenvalue weighted by atomic mass is 35.5. The molecule has 1 amide bonds. The van der Waals surface area contributed by atoms with Crippen LogP contribution >= 0.6 is 11.6 Å². The zero-order valence-corrected chi connectivity index (χ0v) is 21.7. The van der Waals surface area contributed by atoms with Gasteiger partial charge in [-0.1, -0.05) is 30.3 Å². The van der Waals surface area contributed by atoms with E-state index in [9.17, 15) is 9.90 Å². The average Bonchev–Trinajstić information content (AvgIpc) is 3.51. The molecule has 0 unspecified atom stereocenters. The van der Waals surface area contributed by atoms with Crippen LogP contribution < -0.4 is 4.90 Å². The minimum Gasteiger partial charge on any atom is -0.508 e. The standard InChI is InChI=1S/C29H28ClN5O2/c1-4-26(37)35-16-29(17-35)10-12-34(15-29)28-18(2)27(22-14-20(36)6-8-23(22)30)21-7-5-19(13-24(21)32-28)25-9-11-31-33(25)3/h4-9,11,13-14,36H,1,10,12,15-17H2,2-3H3. The number of halogens is 1. The van der Waals surface area contributed by atoms with Gasteiger partial charge in [-0.15, -0.1) is 0 Å². The van der Waals surface area contributed by atoms with E-state index in [1.54, 1.807) is 24.4 Å². The number of phenolic OH excluding ortho intramolecular Hbond substituents is 1. The molecule has 0 aliphatic carbocycles. The zero-order valence-electron chi connectivity index (χ0n) is 20.9. The van der Waals surface area contributed by atoms with Crippen molar-refractivity contribution in [2.75, 3.05) is 31.1 Å². The number of likely N-dealkylation sites (tertiary alicyclic amines) is 1. The van der Waals surface area contributed by atoms with Crippen LogP contribution in [0.5, 0.6) is 5.75 Å². The Hall–Kier alpha value is -3.84. The van der Waals surface area contributed by atoms with Gasteiger partial charge in [-0.2, -0.15) is 5.10 Å². The number of phenols is 1. The molecule has 4 aromatic rings. The molecule has 0 bridgehead atoms. The first-order chi connectivity index (χ1) is 17.8. The number of amides is 1. The molecule has 2 aliphatic rings. The average molecular weight is 514 g/mol. The number of aromatic nitrogens is 3. The van der Waals surface area contributed by atoms with Crippen molar-refractivity contribution in [2.45, 2.75) is 13.3 Å². The van der Waals surface area contributed by atoms with E-state index in [0.717, 1.165) is 77.3 Å². The van der Waals surface area contributed by atoms with Crippen molar-refractivity contribution in [3.05, 3.63) is 71.9 Å². The van der Waals surface area contributed by atoms with Gasteiger partial charge in [0.25, 0.3) is 0 Å². The van der Waals surface area contributed by atoms with Crippen molar-refractivity contribution in [1.82, 2.24) is 19.7 Å². The van der Waals surface area contributed by atoms with Gasteiger partial charge in [-0.3, -0.25) is 9.48 Å². The lowest BCUT2D eigenvalue weighted by atomic mass is 9.79. The van der Waals surface area contributed by atoms with E-state index in [0.29, 0.717) is 5.02 Å². The molecular weight excluding hydrogens is 486 g/mol. The molecule has 2 aromatic carbocycles. The van der Waals surface area contributed by atoms with E-state index in [2.05, 4.69) is 41.7 Å². The Morgan fingerprint density at radius 1 is 1.16 bits per heavy atom. The number of benzene rings is 2. The first kappa shape index (κ1) is 23.6. The molecule has 0 radical (unpaired) electrons. The smallest absolute Gasteiger partial charge is 0.245 e. The van der Waals surface area contributed by atoms with E-state index in [4.69, 9.17) is 16.6 Å². The molecule has 2 aliphatic heterocycles. The predicted octanol–water partition coefficient (Wildman–Crippen LogP) is 5.19. The first-order valence-electron chi connectivity index (χ1n) is 12.4. The molecule has 0 atom stereocenters. The third-order valence-electron chi connectivity index (χ3n) is 7.82. The molecule has 37 heavy (non-hydrogen) atoms. The van der Waals surface area contributed by atoms with Crippen LogP contribution in [0.25, 0.3) is 33.3 Å². The van der Waals surface area contributed by atoms with Gasteiger partial charge in [0.2, 0.25) is 5.91 Å². The molecule has 1 spiro atoms. The van der Waals surface area contributed by atoms with Crippen molar-refractivity contribution in [3.8, 4) is 28.1 Å². The first-order valence-corrected chi connectivity index (χ1v) is 12.7. The second-order valence-corrected chi connectivity index (χ2v) is 10.6. The van der Waals surface area contributed by atoms with Crippen LogP contribution in [0, 0.1) is 12.3 Å². The maximum Gasteiger partial charge on any atom is 0.245 e. The maximum absolute atomic E-state index is 12.0. The fourth-order valence-corrected chi connectivity index (χ4v) is 6.16. The normalized spacial score (nSPS) is 16.4. The Balaban J connectivity index is 1.48. The van der Waals surface area contributed by atoms with Crippen LogP contribution in [-0.2, 0) is 11.8 Å². The summed E-state index contributed by atoms with van der Waals surface area (Å²) < 4.78 is 1.85. The van der Waals surface area contributed by atoms with Gasteiger partial charge in [0.1, 0.15) is 11.6 Å². The lowest BCUT2D eigenvalue weighted by Crippen LogP contribution is -2.59. The molecule has 6 rings (SSSR count). The predicted molar refractivity (Wildman–Crippen MR) is 147 cm³/mol. The highest BCUT2D eigenvalue weighted by molar-refractivity contribution is 6.34. The molecular formula is C29H28ClN5O2. The molecule has 0 saturated carbocycles. The molecule has 8 heteroatoms. The number of aromatic hydroxyl groups is 1. The minimum absolute atomic E-state index is 0.00686. The number of carbonyl (C=O) groups excluding carboxylic acids is 1. The number of fused-ring (bicyclic) bond motifs is 1. The summed E-state index contributed by atoms with van der Waals surface area (Å²) in [5, 5.41) is 16.2. The van der Waals surface area contributed by atoms with Crippen LogP contribution in [0.15, 0.2) is 61.3 Å². The molecule has 2 saturated heterocycles. The summed E-state index contributed by atoms with van der Waals surface area (Å²) >= 11 is 6.68. The van der Waals surface area contributed by atoms with Crippen molar-refractivity contribution >= 4 is 34.2 Å². The second kappa shape index (κ2) is 8.63. The Bertz CT molecular complexity index is 1570. The summed E-state index contributed by atoms with van der Waals surface area (Å²) in [5.41, 5.74) is 5.73. The van der Waals surface area contributed by atoms with Crippen LogP contribution in [0.1, 0.15) is 12.0 Å². The molecule has 4 heterocycles. The fraction of sp³-hybridized carbons (Fsp3) is 0.276. The van der Waals surface area contributed by atoms with Gasteiger partial charge in [-0.25, -0.2) is 4.98 Å². The summed E-state index contributed by atoms with van der Waals surface area (Å²) in [5.74, 6) is 1.07. The number of pyridine rings is 1. The Morgan fingerprint density at radius 2 is 1.97 bits per heavy atom. The van der Waals surface area contributed by atoms with Gasteiger partial charge in [0.15, 0.2) is 0 Å². The number of hydrogen-bond donors (Lipinski definition) is 1. The summed E-state index contributed by atoms with van der Waals surface area (Å²) in [7, 11) is 1.92. The van der Waals surface area contributed by atoms with Gasteiger partial charge < -0.3 is 14.9 Å². The lowest BCUT2D eigenvalue weighted by molar-refractivity contribution is -0.136. The number of nitrogens with zero attached hydrogens (tertiary/aromatic N) is 5. The van der Waals surface area contributed by atoms with E-state index in [1.807, 2.05) is 22.7 Å². The number of rotatable bonds is 4. The van der Waals surface area contributed by atoms with Crippen molar-refractivity contribution in [2.24, 2.45) is 12.5 Å². The summed E-state index contributed by atoms with van der Waals surface area (Å²) in [6.07, 6.45) is 4.18. The summed E-state index contributed by atoms with van der Waals surface area (Å²) in [4.78, 5) is 21.4. The van der Waals surface area contributed by atoms with Crippen LogP contribution in [0.3, 0.4) is 0 Å². The van der Waals surface area contributed by atoms with Gasteiger partial charge in [-0.05, 0) is 55.3 Å². The molecule has 2 fully saturated rings. The summed E-state index contributed by atoms with van der Waals surface area (Å²) in [6.45, 7) is 8.89. The Labute approximate surface area is 220 Å². The molecule has 7 nitrogen and oxygen atoms in total. The van der Waals surface area contributed by atoms with Crippen molar-refractivity contribution in [3.63, 3.8) is 0 Å². The number of anilines is 1. The Kier molecular flexibility index (Phi) is 5.49. The maximum atomic E-state index is 12.0. The van der Waals surface area contributed by atoms with E-state index in [-0.39, 0.29) is 17.1 Å². The van der Waals surface area contributed by atoms with Crippen LogP contribution in [0.2, 0.25) is 5.02 Å². The number of carbonyl (C=O) groups is 1. The highest BCUT2D eigenvalue weighted by Crippen LogP contribution is 2.45. The summed E-state index contributed by atoms with van der Waals surface area (Å²) in [6, 6.07) is 13.3. The molecule has 1 N–H and O–H groups in total. The van der Waals surface area contributed by atoms with Crippen LogP contribution in [0.4, 0.5) is 5.82 Å². The Morgan fingerprint density at radius 3 is 2.70 bits per heavy atom. The zero-order chi connectivity index (χ0) is 25.9. The van der Waals surface area contributed by atoms with Gasteiger partial charge >= 0.3 is 0 Å². The topological polar surface area (TPSA) is 74.5 Å². The SMILES string of the molecule is C=CC(=O)N1CC2(CCN(c3nc4cc(-c5ccnn5C)ccc4c(-c4cc(O)ccc4Cl)c3C)C2)C1. The highest BCUT2D eigenvalue weighted by Gasteiger charge is 2.49. The van der Waals surface area contributed by atoms with Crippen LogP contribution in [-0.4, -0.2) is 56.9 Å². The second-order valence-electron chi connectivity index (χ2n) is 10.2. The third kappa shape index (κ3) is 3.85. The van der Waals surface area contributed by atoms with E-state index < -0.39 is 0 Å². The number of hydrogen-bond acceptors (Lipinski definition) is 5. The largest absolute Gasteiger partial charge is 0.508 e. The molecule has 188 valence electrons.